The molecule has 0 atom stereocenters. The van der Waals surface area contributed by atoms with Crippen molar-refractivity contribution in [1.82, 2.24) is 0 Å². The summed E-state index contributed by atoms with van der Waals surface area (Å²) in [6.45, 7) is 0. The highest BCUT2D eigenvalue weighted by atomic mass is 32.1. The molecule has 0 unspecified atom stereocenters. The van der Waals surface area contributed by atoms with E-state index in [2.05, 4.69) is 217 Å². The van der Waals surface area contributed by atoms with Crippen molar-refractivity contribution in [3.63, 3.8) is 0 Å². The number of thiophene rings is 1. The van der Waals surface area contributed by atoms with Crippen molar-refractivity contribution in [1.29, 1.82) is 0 Å². The Labute approximate surface area is 319 Å². The van der Waals surface area contributed by atoms with Crippen molar-refractivity contribution in [2.75, 3.05) is 4.90 Å². The third kappa shape index (κ3) is 5.84. The molecule has 10 rings (SSSR count). The standard InChI is InChI=1S/C52H35NS/c1-2-13-36(14-3-1)38-27-30-43(31-28-38)53(50-23-10-8-21-47(50)42-29-32-52-49(35-42)48-22-9-11-24-51(48)54-52)44-18-12-17-40(34-44)45-19-6-7-20-46(45)41-26-25-37-15-4-5-16-39(37)33-41/h1-35H. The molecule has 254 valence electrons. The van der Waals surface area contributed by atoms with Crippen molar-refractivity contribution in [2.24, 2.45) is 0 Å². The van der Waals surface area contributed by atoms with Crippen LogP contribution in [0.15, 0.2) is 212 Å². The molecule has 1 nitrogen and oxygen atoms in total. The Hall–Kier alpha value is -6.74. The van der Waals surface area contributed by atoms with Crippen LogP contribution in [-0.2, 0) is 0 Å². The molecule has 0 fully saturated rings. The van der Waals surface area contributed by atoms with E-state index in [9.17, 15) is 0 Å². The SMILES string of the molecule is c1ccc(-c2ccc(N(c3cccc(-c4ccccc4-c4ccc5ccccc5c4)c3)c3ccccc3-c3ccc4sc5ccccc5c4c3)cc2)cc1. The van der Waals surface area contributed by atoms with E-state index in [1.807, 2.05) is 11.3 Å². The summed E-state index contributed by atoms with van der Waals surface area (Å²) in [5.41, 5.74) is 12.9. The summed E-state index contributed by atoms with van der Waals surface area (Å²) in [6, 6.07) is 77.2. The summed E-state index contributed by atoms with van der Waals surface area (Å²) in [5.74, 6) is 0. The van der Waals surface area contributed by atoms with Gasteiger partial charge in [-0.05, 0) is 104 Å². The molecule has 1 aromatic heterocycles. The maximum absolute atomic E-state index is 2.42. The quantitative estimate of drug-likeness (QED) is 0.160. The maximum atomic E-state index is 2.42. The normalized spacial score (nSPS) is 11.3. The molecule has 0 spiro atoms. The molecule has 9 aromatic carbocycles. The Morgan fingerprint density at radius 2 is 0.870 bits per heavy atom. The van der Waals surface area contributed by atoms with Crippen LogP contribution in [0, 0.1) is 0 Å². The van der Waals surface area contributed by atoms with Gasteiger partial charge in [-0.1, -0.05) is 158 Å². The van der Waals surface area contributed by atoms with Crippen LogP contribution in [0.25, 0.3) is 75.5 Å². The summed E-state index contributed by atoms with van der Waals surface area (Å²) >= 11 is 1.86. The van der Waals surface area contributed by atoms with Crippen molar-refractivity contribution in [3.05, 3.63) is 212 Å². The molecule has 54 heavy (non-hydrogen) atoms. The monoisotopic (exact) mass is 705 g/mol. The van der Waals surface area contributed by atoms with Crippen LogP contribution in [0.1, 0.15) is 0 Å². The average molecular weight is 706 g/mol. The van der Waals surface area contributed by atoms with Gasteiger partial charge in [-0.15, -0.1) is 11.3 Å². The van der Waals surface area contributed by atoms with E-state index < -0.39 is 0 Å². The molecule has 0 saturated carbocycles. The average Bonchev–Trinajstić information content (AvgIpc) is 3.62. The van der Waals surface area contributed by atoms with Crippen molar-refractivity contribution >= 4 is 59.3 Å². The Bertz CT molecular complexity index is 2940. The fraction of sp³-hybridized carbons (Fsp3) is 0. The first-order valence-electron chi connectivity index (χ1n) is 18.4. The molecule has 0 aliphatic carbocycles. The number of hydrogen-bond donors (Lipinski definition) is 0. The first-order valence-corrected chi connectivity index (χ1v) is 19.2. The van der Waals surface area contributed by atoms with Gasteiger partial charge in [0.25, 0.3) is 0 Å². The van der Waals surface area contributed by atoms with Gasteiger partial charge in [-0.25, -0.2) is 0 Å². The lowest BCUT2D eigenvalue weighted by Crippen LogP contribution is -2.11. The minimum absolute atomic E-state index is 1.10. The molecule has 0 N–H and O–H groups in total. The molecule has 1 heterocycles. The predicted molar refractivity (Wildman–Crippen MR) is 233 cm³/mol. The maximum Gasteiger partial charge on any atom is 0.0540 e. The highest BCUT2D eigenvalue weighted by Crippen LogP contribution is 2.45. The third-order valence-electron chi connectivity index (χ3n) is 10.5. The van der Waals surface area contributed by atoms with Crippen molar-refractivity contribution in [2.45, 2.75) is 0 Å². The molecule has 0 radical (unpaired) electrons. The van der Waals surface area contributed by atoms with Crippen LogP contribution in [0.4, 0.5) is 17.1 Å². The Morgan fingerprint density at radius 1 is 0.296 bits per heavy atom. The van der Waals surface area contributed by atoms with E-state index in [0.29, 0.717) is 0 Å². The van der Waals surface area contributed by atoms with E-state index in [4.69, 9.17) is 0 Å². The molecule has 0 saturated heterocycles. The highest BCUT2D eigenvalue weighted by Gasteiger charge is 2.19. The largest absolute Gasteiger partial charge is 0.310 e. The number of fused-ring (bicyclic) bond motifs is 4. The van der Waals surface area contributed by atoms with Gasteiger partial charge in [0.2, 0.25) is 0 Å². The van der Waals surface area contributed by atoms with E-state index in [1.165, 1.54) is 75.5 Å². The second kappa shape index (κ2) is 13.7. The van der Waals surface area contributed by atoms with E-state index in [-0.39, 0.29) is 0 Å². The molecule has 10 aromatic rings. The van der Waals surface area contributed by atoms with E-state index in [0.717, 1.165) is 17.1 Å². The van der Waals surface area contributed by atoms with Crippen LogP contribution in [-0.4, -0.2) is 0 Å². The molecule has 0 aliphatic heterocycles. The summed E-state index contributed by atoms with van der Waals surface area (Å²) in [6.07, 6.45) is 0. The van der Waals surface area contributed by atoms with Crippen LogP contribution < -0.4 is 4.90 Å². The van der Waals surface area contributed by atoms with Crippen LogP contribution in [0.5, 0.6) is 0 Å². The third-order valence-corrected chi connectivity index (χ3v) is 11.6. The number of rotatable bonds is 7. The molecule has 0 aliphatic rings. The lowest BCUT2D eigenvalue weighted by molar-refractivity contribution is 1.28. The molecule has 2 heteroatoms. The molecule has 0 bridgehead atoms. The Morgan fingerprint density at radius 3 is 1.70 bits per heavy atom. The predicted octanol–water partition coefficient (Wildman–Crippen LogP) is 15.3. The van der Waals surface area contributed by atoms with E-state index >= 15 is 0 Å². The second-order valence-electron chi connectivity index (χ2n) is 13.7. The zero-order chi connectivity index (χ0) is 35.8. The van der Waals surface area contributed by atoms with Crippen LogP contribution in [0.3, 0.4) is 0 Å². The molecule has 0 amide bonds. The van der Waals surface area contributed by atoms with Gasteiger partial charge >= 0.3 is 0 Å². The van der Waals surface area contributed by atoms with Gasteiger partial charge in [0.15, 0.2) is 0 Å². The summed E-state index contributed by atoms with van der Waals surface area (Å²) in [4.78, 5) is 2.42. The van der Waals surface area contributed by atoms with Gasteiger partial charge in [0.05, 0.1) is 5.69 Å². The zero-order valence-electron chi connectivity index (χ0n) is 29.6. The second-order valence-corrected chi connectivity index (χ2v) is 14.8. The fourth-order valence-electron chi connectivity index (χ4n) is 7.82. The smallest absolute Gasteiger partial charge is 0.0540 e. The van der Waals surface area contributed by atoms with Gasteiger partial charge in [-0.3, -0.25) is 0 Å². The van der Waals surface area contributed by atoms with Crippen molar-refractivity contribution in [3.8, 4) is 44.5 Å². The first kappa shape index (κ1) is 32.0. The number of nitrogens with zero attached hydrogens (tertiary/aromatic N) is 1. The minimum atomic E-state index is 1.10. The number of para-hydroxylation sites is 1. The zero-order valence-corrected chi connectivity index (χ0v) is 30.4. The Kier molecular flexibility index (Phi) is 8.09. The van der Waals surface area contributed by atoms with Crippen LogP contribution >= 0.6 is 11.3 Å². The van der Waals surface area contributed by atoms with Gasteiger partial charge in [-0.2, -0.15) is 0 Å². The Balaban J connectivity index is 1.13. The minimum Gasteiger partial charge on any atom is -0.310 e. The van der Waals surface area contributed by atoms with Gasteiger partial charge in [0.1, 0.15) is 0 Å². The summed E-state index contributed by atoms with van der Waals surface area (Å²) in [7, 11) is 0. The molecular weight excluding hydrogens is 671 g/mol. The summed E-state index contributed by atoms with van der Waals surface area (Å²) in [5, 5.41) is 5.10. The first-order chi connectivity index (χ1) is 26.8. The number of hydrogen-bond acceptors (Lipinski definition) is 2. The van der Waals surface area contributed by atoms with Gasteiger partial charge in [0, 0.05) is 37.1 Å². The highest BCUT2D eigenvalue weighted by molar-refractivity contribution is 7.25. The fourth-order valence-corrected chi connectivity index (χ4v) is 8.91. The van der Waals surface area contributed by atoms with E-state index in [1.54, 1.807) is 0 Å². The summed E-state index contributed by atoms with van der Waals surface area (Å²) < 4.78 is 2.63. The van der Waals surface area contributed by atoms with Gasteiger partial charge < -0.3 is 4.90 Å². The number of benzene rings is 9. The van der Waals surface area contributed by atoms with Crippen molar-refractivity contribution < 1.29 is 0 Å². The molecular formula is C52H35NS. The lowest BCUT2D eigenvalue weighted by Gasteiger charge is -2.28. The lowest BCUT2D eigenvalue weighted by atomic mass is 9.93. The van der Waals surface area contributed by atoms with Crippen LogP contribution in [0.2, 0.25) is 0 Å². The number of anilines is 3. The topological polar surface area (TPSA) is 3.24 Å².